The zero-order valence-corrected chi connectivity index (χ0v) is 20.5. The molecule has 0 saturated carbocycles. The summed E-state index contributed by atoms with van der Waals surface area (Å²) < 4.78 is 5.26. The third-order valence-electron chi connectivity index (χ3n) is 7.01. The topological polar surface area (TPSA) is 81.8 Å². The molecule has 2 aliphatic rings. The van der Waals surface area contributed by atoms with E-state index in [2.05, 4.69) is 47.1 Å². The smallest absolute Gasteiger partial charge is 0.274 e. The Morgan fingerprint density at radius 2 is 1.74 bits per heavy atom. The van der Waals surface area contributed by atoms with E-state index in [1.54, 1.807) is 24.1 Å². The molecule has 0 unspecified atom stereocenters. The number of carbonyl (C=O) groups is 2. The molecule has 35 heavy (non-hydrogen) atoms. The first-order valence-corrected chi connectivity index (χ1v) is 12.1. The quantitative estimate of drug-likeness (QED) is 0.629. The van der Waals surface area contributed by atoms with Gasteiger partial charge in [0.2, 0.25) is 0 Å². The van der Waals surface area contributed by atoms with Gasteiger partial charge >= 0.3 is 0 Å². The number of benzene rings is 2. The number of aromatic nitrogens is 2. The molecule has 2 amide bonds. The highest BCUT2D eigenvalue weighted by Crippen LogP contribution is 2.26. The summed E-state index contributed by atoms with van der Waals surface area (Å²) in [6.45, 7) is 8.01. The van der Waals surface area contributed by atoms with Crippen LogP contribution in [0.2, 0.25) is 0 Å². The van der Waals surface area contributed by atoms with Crippen LogP contribution < -0.4 is 9.64 Å². The second-order valence-electron chi connectivity index (χ2n) is 9.31. The third-order valence-corrected chi connectivity index (χ3v) is 7.01. The van der Waals surface area contributed by atoms with E-state index in [0.717, 1.165) is 24.3 Å². The Morgan fingerprint density at radius 3 is 2.51 bits per heavy atom. The molecular weight excluding hydrogens is 442 g/mol. The molecule has 0 spiro atoms. The van der Waals surface area contributed by atoms with Gasteiger partial charge in [-0.3, -0.25) is 14.7 Å². The van der Waals surface area contributed by atoms with E-state index in [1.165, 1.54) is 16.8 Å². The maximum absolute atomic E-state index is 13.4. The number of H-pyrrole nitrogens is 1. The molecule has 3 aromatic rings. The summed E-state index contributed by atoms with van der Waals surface area (Å²) in [7, 11) is 1.59. The van der Waals surface area contributed by atoms with E-state index >= 15 is 0 Å². The minimum absolute atomic E-state index is 0.0706. The van der Waals surface area contributed by atoms with Crippen molar-refractivity contribution < 1.29 is 14.3 Å². The van der Waals surface area contributed by atoms with Gasteiger partial charge in [-0.1, -0.05) is 18.2 Å². The summed E-state index contributed by atoms with van der Waals surface area (Å²) in [6.07, 6.45) is 0.645. The van der Waals surface area contributed by atoms with Gasteiger partial charge in [0.1, 0.15) is 5.75 Å². The average molecular weight is 474 g/mol. The van der Waals surface area contributed by atoms with Gasteiger partial charge in [0.25, 0.3) is 11.8 Å². The van der Waals surface area contributed by atoms with E-state index in [-0.39, 0.29) is 11.8 Å². The number of nitrogens with zero attached hydrogens (tertiary/aromatic N) is 4. The van der Waals surface area contributed by atoms with Gasteiger partial charge in [-0.25, -0.2) is 0 Å². The number of carbonyl (C=O) groups excluding carboxylic acids is 2. The number of aryl methyl sites for hydroxylation is 2. The molecule has 8 nitrogen and oxygen atoms in total. The number of amides is 2. The van der Waals surface area contributed by atoms with Crippen LogP contribution >= 0.6 is 0 Å². The molecule has 5 rings (SSSR count). The number of aromatic amines is 1. The zero-order chi connectivity index (χ0) is 24.5. The number of anilines is 1. The van der Waals surface area contributed by atoms with Gasteiger partial charge < -0.3 is 19.4 Å². The Balaban J connectivity index is 1.28. The molecule has 0 atom stereocenters. The van der Waals surface area contributed by atoms with Crippen molar-refractivity contribution in [2.75, 3.05) is 44.7 Å². The average Bonchev–Trinajstić information content (AvgIpc) is 3.32. The van der Waals surface area contributed by atoms with Gasteiger partial charge in [0, 0.05) is 61.7 Å². The van der Waals surface area contributed by atoms with E-state index in [1.807, 2.05) is 17.0 Å². The normalized spacial score (nSPS) is 15.7. The third kappa shape index (κ3) is 4.48. The van der Waals surface area contributed by atoms with Crippen LogP contribution in [0.5, 0.6) is 5.75 Å². The van der Waals surface area contributed by atoms with Crippen molar-refractivity contribution in [1.82, 2.24) is 20.0 Å². The molecule has 3 heterocycles. The van der Waals surface area contributed by atoms with Gasteiger partial charge in [0.15, 0.2) is 5.69 Å². The van der Waals surface area contributed by atoms with Crippen LogP contribution in [0.3, 0.4) is 0 Å². The first-order chi connectivity index (χ1) is 16.9. The minimum atomic E-state index is -0.0729. The lowest BCUT2D eigenvalue weighted by molar-refractivity contribution is 0.0709. The molecule has 8 heteroatoms. The van der Waals surface area contributed by atoms with E-state index in [0.29, 0.717) is 49.6 Å². The Bertz CT molecular complexity index is 1260. The maximum Gasteiger partial charge on any atom is 0.274 e. The van der Waals surface area contributed by atoms with Crippen molar-refractivity contribution in [3.05, 3.63) is 76.1 Å². The molecule has 2 aromatic carbocycles. The highest BCUT2D eigenvalue weighted by molar-refractivity contribution is 5.96. The summed E-state index contributed by atoms with van der Waals surface area (Å²) in [5.41, 5.74) is 6.50. The number of hydrogen-bond donors (Lipinski definition) is 1. The first kappa shape index (κ1) is 23.0. The fourth-order valence-corrected chi connectivity index (χ4v) is 4.94. The lowest BCUT2D eigenvalue weighted by atomic mass is 10.0. The second kappa shape index (κ2) is 9.44. The van der Waals surface area contributed by atoms with Crippen molar-refractivity contribution >= 4 is 17.5 Å². The highest BCUT2D eigenvalue weighted by atomic mass is 16.5. The maximum atomic E-state index is 13.4. The van der Waals surface area contributed by atoms with Crippen LogP contribution in [0.25, 0.3) is 0 Å². The van der Waals surface area contributed by atoms with Crippen molar-refractivity contribution in [2.24, 2.45) is 0 Å². The second-order valence-corrected chi connectivity index (χ2v) is 9.31. The monoisotopic (exact) mass is 473 g/mol. The summed E-state index contributed by atoms with van der Waals surface area (Å²) in [5, 5.41) is 7.43. The van der Waals surface area contributed by atoms with Crippen molar-refractivity contribution in [3.8, 4) is 5.75 Å². The molecule has 1 saturated heterocycles. The van der Waals surface area contributed by atoms with Gasteiger partial charge in [-0.05, 0) is 49.2 Å². The minimum Gasteiger partial charge on any atom is -0.497 e. The van der Waals surface area contributed by atoms with Crippen LogP contribution in [0.4, 0.5) is 5.69 Å². The van der Waals surface area contributed by atoms with Gasteiger partial charge in [0.05, 0.1) is 13.7 Å². The molecular formula is C27H31N5O3. The van der Waals surface area contributed by atoms with Gasteiger partial charge in [-0.2, -0.15) is 5.10 Å². The lowest BCUT2D eigenvalue weighted by Crippen LogP contribution is -2.49. The summed E-state index contributed by atoms with van der Waals surface area (Å²) in [4.78, 5) is 32.6. The van der Waals surface area contributed by atoms with Gasteiger partial charge in [-0.15, -0.1) is 0 Å². The van der Waals surface area contributed by atoms with Crippen LogP contribution in [0.1, 0.15) is 43.2 Å². The number of hydrogen-bond acceptors (Lipinski definition) is 5. The molecule has 0 bridgehead atoms. The van der Waals surface area contributed by atoms with Crippen LogP contribution in [-0.4, -0.2) is 71.6 Å². The number of nitrogens with one attached hydrogen (secondary N) is 1. The zero-order valence-electron chi connectivity index (χ0n) is 20.5. The summed E-state index contributed by atoms with van der Waals surface area (Å²) >= 11 is 0. The first-order valence-electron chi connectivity index (χ1n) is 12.1. The van der Waals surface area contributed by atoms with E-state index in [9.17, 15) is 9.59 Å². The Kier molecular flexibility index (Phi) is 6.19. The van der Waals surface area contributed by atoms with Crippen molar-refractivity contribution in [2.45, 2.75) is 26.8 Å². The fourth-order valence-electron chi connectivity index (χ4n) is 4.94. The number of methoxy groups -OCH3 is 1. The molecule has 0 radical (unpaired) electrons. The largest absolute Gasteiger partial charge is 0.497 e. The number of rotatable bonds is 4. The number of fused-ring (bicyclic) bond motifs is 1. The molecule has 1 fully saturated rings. The molecule has 1 aromatic heterocycles. The molecule has 182 valence electrons. The Labute approximate surface area is 205 Å². The molecule has 0 aliphatic carbocycles. The fraction of sp³-hybridized carbons (Fsp3) is 0.370. The Hall–Kier alpha value is -3.81. The van der Waals surface area contributed by atoms with Crippen LogP contribution in [0.15, 0.2) is 42.5 Å². The number of ether oxygens (including phenoxy) is 1. The summed E-state index contributed by atoms with van der Waals surface area (Å²) in [6, 6.07) is 13.7. The SMILES string of the molecule is COc1cccc(C(=O)N2CCc3[nH]nc(C(=O)N4CCN(c5cc(C)ccc5C)CC4)c3C2)c1. The summed E-state index contributed by atoms with van der Waals surface area (Å²) in [5.74, 6) is 0.503. The predicted molar refractivity (Wildman–Crippen MR) is 134 cm³/mol. The van der Waals surface area contributed by atoms with Crippen molar-refractivity contribution in [1.29, 1.82) is 0 Å². The van der Waals surface area contributed by atoms with Crippen LogP contribution in [0, 0.1) is 13.8 Å². The Morgan fingerprint density at radius 1 is 0.943 bits per heavy atom. The number of piperazine rings is 1. The predicted octanol–water partition coefficient (Wildman–Crippen LogP) is 3.20. The van der Waals surface area contributed by atoms with Crippen LogP contribution in [-0.2, 0) is 13.0 Å². The van der Waals surface area contributed by atoms with E-state index < -0.39 is 0 Å². The van der Waals surface area contributed by atoms with Crippen molar-refractivity contribution in [3.63, 3.8) is 0 Å². The molecule has 2 aliphatic heterocycles. The lowest BCUT2D eigenvalue weighted by Gasteiger charge is -2.37. The standard InChI is InChI=1S/C27H31N5O3/c1-18-7-8-19(2)24(15-18)30-11-13-31(14-12-30)27(34)25-22-17-32(10-9-23(22)28-29-25)26(33)20-5-4-6-21(16-20)35-3/h4-8,15-16H,9-14,17H2,1-3H3,(H,28,29). The van der Waals surface area contributed by atoms with E-state index in [4.69, 9.17) is 4.74 Å². The highest BCUT2D eigenvalue weighted by Gasteiger charge is 2.31. The molecule has 1 N–H and O–H groups in total.